The van der Waals surface area contributed by atoms with Crippen molar-refractivity contribution < 1.29 is 0 Å². The summed E-state index contributed by atoms with van der Waals surface area (Å²) in [6, 6.07) is 2.16. The molecule has 2 heteroatoms. The van der Waals surface area contributed by atoms with Gasteiger partial charge in [-0.1, -0.05) is 0 Å². The molecule has 88 valence electrons. The standard InChI is InChI=1S/C14H22N2/c15-2-4-16-3-1-14-12-6-10-5-11(8-12)9-13(14)7-10/h10-14,16H,1,3-9H2. The van der Waals surface area contributed by atoms with Gasteiger partial charge < -0.3 is 5.32 Å². The van der Waals surface area contributed by atoms with Crippen LogP contribution < -0.4 is 5.32 Å². The molecule has 2 nitrogen and oxygen atoms in total. The van der Waals surface area contributed by atoms with Crippen LogP contribution in [-0.2, 0) is 0 Å². The van der Waals surface area contributed by atoms with Crippen LogP contribution in [0.15, 0.2) is 0 Å². The Morgan fingerprint density at radius 3 is 2.19 bits per heavy atom. The average Bonchev–Trinajstić information content (AvgIpc) is 2.26. The Morgan fingerprint density at radius 2 is 1.62 bits per heavy atom. The molecular weight excluding hydrogens is 196 g/mol. The molecule has 4 rings (SSSR count). The molecule has 0 amide bonds. The molecule has 0 aromatic heterocycles. The predicted molar refractivity (Wildman–Crippen MR) is 63.6 cm³/mol. The second-order valence-corrected chi connectivity index (χ2v) is 6.22. The zero-order valence-electron chi connectivity index (χ0n) is 9.99. The number of nitrogens with one attached hydrogen (secondary N) is 1. The number of hydrogen-bond acceptors (Lipinski definition) is 2. The summed E-state index contributed by atoms with van der Waals surface area (Å²) in [5, 5.41) is 11.7. The lowest BCUT2D eigenvalue weighted by Crippen LogP contribution is -2.45. The highest BCUT2D eigenvalue weighted by Crippen LogP contribution is 2.57. The van der Waals surface area contributed by atoms with Crippen LogP contribution in [0.4, 0.5) is 0 Å². The van der Waals surface area contributed by atoms with E-state index >= 15 is 0 Å². The smallest absolute Gasteiger partial charge is 0.0840 e. The van der Waals surface area contributed by atoms with Crippen LogP contribution >= 0.6 is 0 Å². The Balaban J connectivity index is 1.54. The molecule has 16 heavy (non-hydrogen) atoms. The molecule has 4 fully saturated rings. The molecule has 4 aliphatic rings. The second kappa shape index (κ2) is 4.37. The largest absolute Gasteiger partial charge is 0.304 e. The molecule has 1 N–H and O–H groups in total. The Kier molecular flexibility index (Phi) is 2.90. The quantitative estimate of drug-likeness (QED) is 0.581. The molecule has 0 spiro atoms. The van der Waals surface area contributed by atoms with Crippen molar-refractivity contribution in [3.63, 3.8) is 0 Å². The first-order valence-corrected chi connectivity index (χ1v) is 6.94. The fraction of sp³-hybridized carbons (Fsp3) is 0.929. The molecule has 0 aromatic carbocycles. The van der Waals surface area contributed by atoms with Gasteiger partial charge in [0.05, 0.1) is 12.6 Å². The predicted octanol–water partition coefficient (Wildman–Crippen LogP) is 2.56. The first-order chi connectivity index (χ1) is 7.86. The Labute approximate surface area is 98.4 Å². The van der Waals surface area contributed by atoms with Crippen LogP contribution in [0.1, 0.15) is 38.5 Å². The molecule has 0 saturated heterocycles. The normalized spacial score (nSPS) is 44.6. The molecule has 0 radical (unpaired) electrons. The number of hydrogen-bond donors (Lipinski definition) is 1. The van der Waals surface area contributed by atoms with E-state index in [0.29, 0.717) is 6.54 Å². The monoisotopic (exact) mass is 218 g/mol. The van der Waals surface area contributed by atoms with Crippen molar-refractivity contribution in [2.75, 3.05) is 13.1 Å². The van der Waals surface area contributed by atoms with Gasteiger partial charge in [-0.25, -0.2) is 0 Å². The lowest BCUT2D eigenvalue weighted by Gasteiger charge is -2.54. The summed E-state index contributed by atoms with van der Waals surface area (Å²) < 4.78 is 0. The van der Waals surface area contributed by atoms with Crippen molar-refractivity contribution in [3.8, 4) is 6.07 Å². The summed E-state index contributed by atoms with van der Waals surface area (Å²) in [5.41, 5.74) is 0. The lowest BCUT2D eigenvalue weighted by atomic mass is 9.51. The van der Waals surface area contributed by atoms with Crippen molar-refractivity contribution in [3.05, 3.63) is 0 Å². The first-order valence-electron chi connectivity index (χ1n) is 6.94. The maximum absolute atomic E-state index is 8.49. The highest BCUT2D eigenvalue weighted by atomic mass is 14.8. The fourth-order valence-electron chi connectivity index (χ4n) is 4.92. The van der Waals surface area contributed by atoms with Crippen LogP contribution in [0.3, 0.4) is 0 Å². The molecular formula is C14H22N2. The molecule has 0 aromatic rings. The maximum atomic E-state index is 8.49. The van der Waals surface area contributed by atoms with Crippen molar-refractivity contribution in [2.24, 2.45) is 29.6 Å². The van der Waals surface area contributed by atoms with Crippen molar-refractivity contribution in [1.29, 1.82) is 5.26 Å². The minimum atomic E-state index is 0.521. The van der Waals surface area contributed by atoms with Gasteiger partial charge in [-0.15, -0.1) is 0 Å². The zero-order valence-corrected chi connectivity index (χ0v) is 9.99. The summed E-state index contributed by atoms with van der Waals surface area (Å²) in [6.07, 6.45) is 8.96. The fourth-order valence-corrected chi connectivity index (χ4v) is 4.92. The number of nitrogens with zero attached hydrogens (tertiary/aromatic N) is 1. The van der Waals surface area contributed by atoms with Crippen LogP contribution in [-0.4, -0.2) is 13.1 Å². The molecule has 0 unspecified atom stereocenters. The summed E-state index contributed by atoms with van der Waals surface area (Å²) in [4.78, 5) is 0. The van der Waals surface area contributed by atoms with Gasteiger partial charge in [0.25, 0.3) is 0 Å². The lowest BCUT2D eigenvalue weighted by molar-refractivity contribution is -0.0392. The van der Waals surface area contributed by atoms with Gasteiger partial charge in [-0.05, 0) is 74.7 Å². The molecule has 4 saturated carbocycles. The SMILES string of the molecule is N#CCNCCC1C2CC3CC(C2)CC1C3. The summed E-state index contributed by atoms with van der Waals surface area (Å²) in [7, 11) is 0. The maximum Gasteiger partial charge on any atom is 0.0840 e. The van der Waals surface area contributed by atoms with Gasteiger partial charge in [0.1, 0.15) is 0 Å². The Bertz CT molecular complexity index is 264. The van der Waals surface area contributed by atoms with Crippen molar-refractivity contribution >= 4 is 0 Å². The highest BCUT2D eigenvalue weighted by molar-refractivity contribution is 4.98. The van der Waals surface area contributed by atoms with E-state index in [2.05, 4.69) is 11.4 Å². The molecule has 0 aliphatic heterocycles. The van der Waals surface area contributed by atoms with E-state index in [1.165, 1.54) is 32.1 Å². The third-order valence-electron chi connectivity index (χ3n) is 5.28. The minimum Gasteiger partial charge on any atom is -0.304 e. The van der Waals surface area contributed by atoms with E-state index in [0.717, 1.165) is 36.1 Å². The number of nitriles is 1. The van der Waals surface area contributed by atoms with E-state index < -0.39 is 0 Å². The topological polar surface area (TPSA) is 35.8 Å². The third kappa shape index (κ3) is 1.86. The zero-order chi connectivity index (χ0) is 11.0. The van der Waals surface area contributed by atoms with Crippen molar-refractivity contribution in [2.45, 2.75) is 38.5 Å². The summed E-state index contributed by atoms with van der Waals surface area (Å²) >= 11 is 0. The van der Waals surface area contributed by atoms with Gasteiger partial charge >= 0.3 is 0 Å². The van der Waals surface area contributed by atoms with E-state index in [1.807, 2.05) is 0 Å². The van der Waals surface area contributed by atoms with Crippen LogP contribution in [0.5, 0.6) is 0 Å². The average molecular weight is 218 g/mol. The highest BCUT2D eigenvalue weighted by Gasteiger charge is 2.47. The van der Waals surface area contributed by atoms with Crippen LogP contribution in [0.25, 0.3) is 0 Å². The van der Waals surface area contributed by atoms with Gasteiger partial charge in [-0.3, -0.25) is 0 Å². The molecule has 0 atom stereocenters. The van der Waals surface area contributed by atoms with Crippen LogP contribution in [0, 0.1) is 40.9 Å². The van der Waals surface area contributed by atoms with Gasteiger partial charge in [0, 0.05) is 0 Å². The van der Waals surface area contributed by atoms with Gasteiger partial charge in [0.15, 0.2) is 0 Å². The van der Waals surface area contributed by atoms with E-state index in [9.17, 15) is 0 Å². The second-order valence-electron chi connectivity index (χ2n) is 6.22. The molecule has 4 aliphatic carbocycles. The summed E-state index contributed by atoms with van der Waals surface area (Å²) in [6.45, 7) is 1.58. The van der Waals surface area contributed by atoms with E-state index in [4.69, 9.17) is 5.26 Å². The van der Waals surface area contributed by atoms with Crippen LogP contribution in [0.2, 0.25) is 0 Å². The first kappa shape index (κ1) is 10.6. The van der Waals surface area contributed by atoms with E-state index in [1.54, 1.807) is 6.42 Å². The molecule has 4 bridgehead atoms. The van der Waals surface area contributed by atoms with Gasteiger partial charge in [-0.2, -0.15) is 5.26 Å². The van der Waals surface area contributed by atoms with E-state index in [-0.39, 0.29) is 0 Å². The number of rotatable bonds is 4. The van der Waals surface area contributed by atoms with Gasteiger partial charge in [0.2, 0.25) is 0 Å². The molecule has 0 heterocycles. The third-order valence-corrected chi connectivity index (χ3v) is 5.28. The van der Waals surface area contributed by atoms with Crippen molar-refractivity contribution in [1.82, 2.24) is 5.32 Å². The Morgan fingerprint density at radius 1 is 1.00 bits per heavy atom. The minimum absolute atomic E-state index is 0.521. The Hall–Kier alpha value is -0.550. The summed E-state index contributed by atoms with van der Waals surface area (Å²) in [5.74, 6) is 5.25.